The van der Waals surface area contributed by atoms with E-state index in [0.717, 1.165) is 11.8 Å². The van der Waals surface area contributed by atoms with Crippen LogP contribution in [0, 0.1) is 0 Å². The van der Waals surface area contributed by atoms with Crippen LogP contribution < -0.4 is 0 Å². The molecule has 0 saturated carbocycles. The maximum atomic E-state index is 10.5. The number of carbonyl (C=O) groups excluding carboxylic acids is 1. The summed E-state index contributed by atoms with van der Waals surface area (Å²) in [6, 6.07) is 7.12. The summed E-state index contributed by atoms with van der Waals surface area (Å²) in [6.07, 6.45) is 1.12. The summed E-state index contributed by atoms with van der Waals surface area (Å²) < 4.78 is 0. The molecule has 0 fully saturated rings. The van der Waals surface area contributed by atoms with Gasteiger partial charge in [-0.2, -0.15) is 0 Å². The Labute approximate surface area is 71.2 Å². The summed E-state index contributed by atoms with van der Waals surface area (Å²) in [6.45, 7) is 3.37. The van der Waals surface area contributed by atoms with E-state index in [4.69, 9.17) is 5.11 Å². The summed E-state index contributed by atoms with van der Waals surface area (Å²) in [5.41, 5.74) is 1.41. The van der Waals surface area contributed by atoms with Gasteiger partial charge >= 0.3 is 0 Å². The fourth-order valence-corrected chi connectivity index (χ4v) is 1.03. The predicted molar refractivity (Wildman–Crippen MR) is 47.3 cm³/mol. The molecule has 1 aromatic rings. The van der Waals surface area contributed by atoms with Gasteiger partial charge in [-0.15, -0.1) is 0 Å². The maximum Gasteiger partial charge on any atom is 0.150 e. The van der Waals surface area contributed by atoms with Crippen molar-refractivity contribution in [3.63, 3.8) is 0 Å². The second-order valence-corrected chi connectivity index (χ2v) is 2.56. The van der Waals surface area contributed by atoms with Crippen LogP contribution in [0.3, 0.4) is 0 Å². The lowest BCUT2D eigenvalue weighted by Crippen LogP contribution is -1.93. The maximum absolute atomic E-state index is 10.5. The number of aliphatic hydroxyl groups excluding tert-OH is 1. The minimum Gasteiger partial charge on any atom is -0.513 e. The van der Waals surface area contributed by atoms with Gasteiger partial charge in [-0.1, -0.05) is 30.8 Å². The van der Waals surface area contributed by atoms with E-state index < -0.39 is 0 Å². The average Bonchev–Trinajstić information content (AvgIpc) is 2.04. The molecular formula is C10H10O2. The second kappa shape index (κ2) is 3.72. The Kier molecular flexibility index (Phi) is 2.64. The van der Waals surface area contributed by atoms with Crippen molar-refractivity contribution in [1.82, 2.24) is 0 Å². The molecule has 0 radical (unpaired) electrons. The largest absolute Gasteiger partial charge is 0.513 e. The Balaban J connectivity index is 2.96. The van der Waals surface area contributed by atoms with Crippen molar-refractivity contribution in [2.24, 2.45) is 0 Å². The van der Waals surface area contributed by atoms with Crippen molar-refractivity contribution >= 4 is 6.29 Å². The van der Waals surface area contributed by atoms with Crippen LogP contribution in [0.2, 0.25) is 0 Å². The number of aldehydes is 1. The van der Waals surface area contributed by atoms with Crippen molar-refractivity contribution in [3.8, 4) is 0 Å². The van der Waals surface area contributed by atoms with Crippen molar-refractivity contribution < 1.29 is 9.90 Å². The lowest BCUT2D eigenvalue weighted by Gasteiger charge is -2.01. The molecule has 1 rings (SSSR count). The third-order valence-corrected chi connectivity index (χ3v) is 1.58. The molecule has 1 N–H and O–H groups in total. The van der Waals surface area contributed by atoms with Crippen molar-refractivity contribution in [2.75, 3.05) is 0 Å². The zero-order valence-corrected chi connectivity index (χ0v) is 6.66. The number of hydrogen-bond acceptors (Lipinski definition) is 2. The van der Waals surface area contributed by atoms with Gasteiger partial charge in [-0.05, 0) is 5.56 Å². The van der Waals surface area contributed by atoms with E-state index in [2.05, 4.69) is 6.58 Å². The molecule has 0 atom stereocenters. The summed E-state index contributed by atoms with van der Waals surface area (Å²) in [4.78, 5) is 10.5. The summed E-state index contributed by atoms with van der Waals surface area (Å²) in [5.74, 6) is 0.0734. The van der Waals surface area contributed by atoms with Gasteiger partial charge in [0.05, 0.1) is 5.76 Å². The van der Waals surface area contributed by atoms with Gasteiger partial charge < -0.3 is 5.11 Å². The molecule has 1 aromatic carbocycles. The predicted octanol–water partition coefficient (Wildman–Crippen LogP) is 2.11. The smallest absolute Gasteiger partial charge is 0.150 e. The Morgan fingerprint density at radius 3 is 2.75 bits per heavy atom. The highest BCUT2D eigenvalue weighted by Gasteiger charge is 2.00. The third-order valence-electron chi connectivity index (χ3n) is 1.58. The molecule has 62 valence electrons. The molecule has 0 aromatic heterocycles. The van der Waals surface area contributed by atoms with Gasteiger partial charge in [-0.25, -0.2) is 0 Å². The molecule has 0 bridgehead atoms. The SMILES string of the molecule is C=C(O)Cc1ccccc1C=O. The van der Waals surface area contributed by atoms with Crippen LogP contribution in [0.4, 0.5) is 0 Å². The zero-order valence-electron chi connectivity index (χ0n) is 6.66. The lowest BCUT2D eigenvalue weighted by atomic mass is 10.1. The Morgan fingerprint density at radius 2 is 2.17 bits per heavy atom. The van der Waals surface area contributed by atoms with E-state index >= 15 is 0 Å². The molecule has 0 saturated heterocycles. The van der Waals surface area contributed by atoms with Crippen LogP contribution in [-0.2, 0) is 6.42 Å². The molecule has 2 nitrogen and oxygen atoms in total. The Morgan fingerprint density at radius 1 is 1.50 bits per heavy atom. The molecular weight excluding hydrogens is 152 g/mol. The first-order chi connectivity index (χ1) is 5.74. The van der Waals surface area contributed by atoms with Gasteiger partial charge in [0, 0.05) is 12.0 Å². The normalized spacial score (nSPS) is 9.33. The number of benzene rings is 1. The molecule has 0 aliphatic rings. The molecule has 0 aliphatic carbocycles. The highest BCUT2D eigenvalue weighted by atomic mass is 16.3. The minimum atomic E-state index is 0.0734. The van der Waals surface area contributed by atoms with E-state index in [-0.39, 0.29) is 5.76 Å². The number of hydrogen-bond donors (Lipinski definition) is 1. The standard InChI is InChI=1S/C10H10O2/c1-8(12)6-9-4-2-3-5-10(9)7-11/h2-5,7,12H,1,6H2. The highest BCUT2D eigenvalue weighted by molar-refractivity contribution is 5.77. The zero-order chi connectivity index (χ0) is 8.97. The first-order valence-corrected chi connectivity index (χ1v) is 3.64. The summed E-state index contributed by atoms with van der Waals surface area (Å²) in [5, 5.41) is 8.92. The Bertz CT molecular complexity index is 302. The minimum absolute atomic E-state index is 0.0734. The van der Waals surface area contributed by atoms with Crippen molar-refractivity contribution in [2.45, 2.75) is 6.42 Å². The van der Waals surface area contributed by atoms with Crippen LogP contribution >= 0.6 is 0 Å². The quantitative estimate of drug-likeness (QED) is 0.546. The van der Waals surface area contributed by atoms with Crippen LogP contribution in [0.15, 0.2) is 36.6 Å². The highest BCUT2D eigenvalue weighted by Crippen LogP contribution is 2.09. The molecule has 12 heavy (non-hydrogen) atoms. The van der Waals surface area contributed by atoms with E-state index in [1.807, 2.05) is 6.07 Å². The van der Waals surface area contributed by atoms with E-state index in [1.165, 1.54) is 0 Å². The fourth-order valence-electron chi connectivity index (χ4n) is 1.03. The van der Waals surface area contributed by atoms with Gasteiger partial charge in [0.1, 0.15) is 6.29 Å². The van der Waals surface area contributed by atoms with Gasteiger partial charge in [0.25, 0.3) is 0 Å². The number of aliphatic hydroxyl groups is 1. The first-order valence-electron chi connectivity index (χ1n) is 3.64. The first kappa shape index (κ1) is 8.53. The molecule has 2 heteroatoms. The Hall–Kier alpha value is -1.57. The topological polar surface area (TPSA) is 37.3 Å². The van der Waals surface area contributed by atoms with Gasteiger partial charge in [-0.3, -0.25) is 4.79 Å². The number of carbonyl (C=O) groups is 1. The monoisotopic (exact) mass is 162 g/mol. The molecule has 0 spiro atoms. The van der Waals surface area contributed by atoms with Crippen LogP contribution in [-0.4, -0.2) is 11.4 Å². The van der Waals surface area contributed by atoms with Gasteiger partial charge in [0.2, 0.25) is 0 Å². The van der Waals surface area contributed by atoms with Crippen LogP contribution in [0.25, 0.3) is 0 Å². The average molecular weight is 162 g/mol. The summed E-state index contributed by atoms with van der Waals surface area (Å²) >= 11 is 0. The van der Waals surface area contributed by atoms with Crippen LogP contribution in [0.1, 0.15) is 15.9 Å². The van der Waals surface area contributed by atoms with Gasteiger partial charge in [0.15, 0.2) is 0 Å². The second-order valence-electron chi connectivity index (χ2n) is 2.56. The lowest BCUT2D eigenvalue weighted by molar-refractivity contribution is 0.112. The van der Waals surface area contributed by atoms with E-state index in [0.29, 0.717) is 12.0 Å². The fraction of sp³-hybridized carbons (Fsp3) is 0.100. The van der Waals surface area contributed by atoms with E-state index in [9.17, 15) is 4.79 Å². The number of allylic oxidation sites excluding steroid dienone is 1. The number of rotatable bonds is 3. The van der Waals surface area contributed by atoms with E-state index in [1.54, 1.807) is 18.2 Å². The van der Waals surface area contributed by atoms with Crippen molar-refractivity contribution in [3.05, 3.63) is 47.7 Å². The van der Waals surface area contributed by atoms with Crippen LogP contribution in [0.5, 0.6) is 0 Å². The third kappa shape index (κ3) is 1.95. The molecule has 0 aliphatic heterocycles. The van der Waals surface area contributed by atoms with Crippen molar-refractivity contribution in [1.29, 1.82) is 0 Å². The molecule has 0 amide bonds. The molecule has 0 heterocycles. The molecule has 0 unspecified atom stereocenters. The summed E-state index contributed by atoms with van der Waals surface area (Å²) in [7, 11) is 0.